The highest BCUT2D eigenvalue weighted by Gasteiger charge is 2.29. The highest BCUT2D eigenvalue weighted by atomic mass is 79.9. The van der Waals surface area contributed by atoms with Gasteiger partial charge in [0.2, 0.25) is 5.91 Å². The third kappa shape index (κ3) is 4.30. The monoisotopic (exact) mass is 468 g/mol. The van der Waals surface area contributed by atoms with Gasteiger partial charge in [-0.25, -0.2) is 4.98 Å². The van der Waals surface area contributed by atoms with E-state index >= 15 is 0 Å². The molecule has 1 aliphatic rings. The van der Waals surface area contributed by atoms with Gasteiger partial charge in [0.25, 0.3) is 0 Å². The Kier molecular flexibility index (Phi) is 6.54. The average molecular weight is 469 g/mol. The number of halogens is 1. The van der Waals surface area contributed by atoms with E-state index in [4.69, 9.17) is 4.98 Å². The van der Waals surface area contributed by atoms with Gasteiger partial charge in [0, 0.05) is 29.8 Å². The van der Waals surface area contributed by atoms with Gasteiger partial charge in [0.15, 0.2) is 0 Å². The molecule has 158 valence electrons. The lowest BCUT2D eigenvalue weighted by Crippen LogP contribution is -2.44. The van der Waals surface area contributed by atoms with E-state index in [0.29, 0.717) is 5.91 Å². The van der Waals surface area contributed by atoms with Crippen LogP contribution in [0.25, 0.3) is 16.7 Å². The zero-order valence-electron chi connectivity index (χ0n) is 17.7. The Labute approximate surface area is 186 Å². The molecule has 3 aromatic rings. The Morgan fingerprint density at radius 1 is 1.17 bits per heavy atom. The number of hydrogen-bond acceptors (Lipinski definition) is 3. The fourth-order valence-electron chi connectivity index (χ4n) is 4.48. The van der Waals surface area contributed by atoms with E-state index in [1.54, 1.807) is 0 Å². The number of amides is 1. The van der Waals surface area contributed by atoms with Crippen LogP contribution in [0.2, 0.25) is 0 Å². The molecule has 0 radical (unpaired) electrons. The summed E-state index contributed by atoms with van der Waals surface area (Å²) in [7, 11) is 0. The molecule has 30 heavy (non-hydrogen) atoms. The Hall–Kier alpha value is -2.18. The smallest absolute Gasteiger partial charge is 0.226 e. The molecule has 0 saturated carbocycles. The first-order valence-electron chi connectivity index (χ1n) is 10.8. The number of nitrogens with zero attached hydrogens (tertiary/aromatic N) is 4. The van der Waals surface area contributed by atoms with Gasteiger partial charge in [-0.15, -0.1) is 0 Å². The van der Waals surface area contributed by atoms with Crippen LogP contribution in [0.3, 0.4) is 0 Å². The molecule has 0 bridgehead atoms. The van der Waals surface area contributed by atoms with Gasteiger partial charge in [-0.05, 0) is 63.6 Å². The minimum atomic E-state index is 0.0855. The summed E-state index contributed by atoms with van der Waals surface area (Å²) in [6, 6.07) is 16.6. The molecule has 0 spiro atoms. The van der Waals surface area contributed by atoms with E-state index in [2.05, 4.69) is 75.6 Å². The maximum Gasteiger partial charge on any atom is 0.226 e. The molecule has 0 aliphatic carbocycles. The second kappa shape index (κ2) is 9.31. The average Bonchev–Trinajstić information content (AvgIpc) is 3.12. The standard InChI is InChI=1S/C24H29BrN4O/c1-3-28(4-2)24(30)18-9-8-14-27(16-18)17-23-26-21-12-5-6-13-22(21)29(23)20-11-7-10-19(25)15-20/h5-7,10-13,15,18H,3-4,8-9,14,16-17H2,1-2H3/t18-/m0/s1. The van der Waals surface area contributed by atoms with Crippen molar-refractivity contribution >= 4 is 32.9 Å². The van der Waals surface area contributed by atoms with Gasteiger partial charge in [0.05, 0.1) is 23.5 Å². The Morgan fingerprint density at radius 2 is 1.97 bits per heavy atom. The van der Waals surface area contributed by atoms with Gasteiger partial charge in [0.1, 0.15) is 5.82 Å². The Balaban J connectivity index is 1.62. The number of carbonyl (C=O) groups excluding carboxylic acids is 1. The number of imidazole rings is 1. The Bertz CT molecular complexity index is 1030. The zero-order valence-corrected chi connectivity index (χ0v) is 19.3. The van der Waals surface area contributed by atoms with Crippen LogP contribution in [-0.4, -0.2) is 51.4 Å². The van der Waals surface area contributed by atoms with Crippen LogP contribution in [0, 0.1) is 5.92 Å². The summed E-state index contributed by atoms with van der Waals surface area (Å²) in [6.07, 6.45) is 2.03. The number of hydrogen-bond donors (Lipinski definition) is 0. The Morgan fingerprint density at radius 3 is 2.73 bits per heavy atom. The lowest BCUT2D eigenvalue weighted by atomic mass is 9.96. The number of rotatable bonds is 6. The molecule has 0 unspecified atom stereocenters. The van der Waals surface area contributed by atoms with Gasteiger partial charge >= 0.3 is 0 Å². The predicted octanol–water partition coefficient (Wildman–Crippen LogP) is 4.87. The van der Waals surface area contributed by atoms with Crippen LogP contribution in [0.4, 0.5) is 0 Å². The lowest BCUT2D eigenvalue weighted by Gasteiger charge is -2.34. The van der Waals surface area contributed by atoms with Crippen molar-refractivity contribution < 1.29 is 4.79 Å². The minimum Gasteiger partial charge on any atom is -0.343 e. The van der Waals surface area contributed by atoms with Crippen molar-refractivity contribution in [1.82, 2.24) is 19.4 Å². The van der Waals surface area contributed by atoms with E-state index in [1.165, 1.54) is 0 Å². The summed E-state index contributed by atoms with van der Waals surface area (Å²) in [4.78, 5) is 22.2. The fraction of sp³-hybridized carbons (Fsp3) is 0.417. The van der Waals surface area contributed by atoms with Gasteiger partial charge in [-0.1, -0.05) is 34.1 Å². The third-order valence-corrected chi connectivity index (χ3v) is 6.48. The SMILES string of the molecule is CCN(CC)C(=O)[C@H]1CCCN(Cc2nc3ccccc3n2-c2cccc(Br)c2)C1. The van der Waals surface area contributed by atoms with Crippen molar-refractivity contribution in [2.45, 2.75) is 33.2 Å². The van der Waals surface area contributed by atoms with E-state index < -0.39 is 0 Å². The zero-order chi connectivity index (χ0) is 21.1. The van der Waals surface area contributed by atoms with Crippen molar-refractivity contribution in [3.63, 3.8) is 0 Å². The summed E-state index contributed by atoms with van der Waals surface area (Å²) >= 11 is 3.60. The lowest BCUT2D eigenvalue weighted by molar-refractivity contribution is -0.137. The molecule has 2 heterocycles. The first kappa shape index (κ1) is 21.1. The molecule has 1 fully saturated rings. The van der Waals surface area contributed by atoms with Crippen molar-refractivity contribution in [1.29, 1.82) is 0 Å². The number of likely N-dealkylation sites (tertiary alicyclic amines) is 1. The third-order valence-electron chi connectivity index (χ3n) is 5.99. The normalized spacial score (nSPS) is 17.4. The summed E-state index contributed by atoms with van der Waals surface area (Å²) < 4.78 is 3.29. The minimum absolute atomic E-state index is 0.0855. The molecule has 6 heteroatoms. The quantitative estimate of drug-likeness (QED) is 0.518. The van der Waals surface area contributed by atoms with Crippen LogP contribution in [-0.2, 0) is 11.3 Å². The van der Waals surface area contributed by atoms with Crippen molar-refractivity contribution in [3.8, 4) is 5.69 Å². The summed E-state index contributed by atoms with van der Waals surface area (Å²) in [5, 5.41) is 0. The van der Waals surface area contributed by atoms with Crippen LogP contribution in [0.1, 0.15) is 32.5 Å². The first-order chi connectivity index (χ1) is 14.6. The number of piperidine rings is 1. The molecule has 1 saturated heterocycles. The summed E-state index contributed by atoms with van der Waals surface area (Å²) in [5.41, 5.74) is 3.21. The topological polar surface area (TPSA) is 41.4 Å². The second-order valence-electron chi connectivity index (χ2n) is 7.92. The summed E-state index contributed by atoms with van der Waals surface area (Å²) in [6.45, 7) is 8.23. The molecule has 1 aliphatic heterocycles. The molecule has 0 N–H and O–H groups in total. The molecule has 1 amide bonds. The molecule has 5 nitrogen and oxygen atoms in total. The molecular formula is C24H29BrN4O. The predicted molar refractivity (Wildman–Crippen MR) is 125 cm³/mol. The highest BCUT2D eigenvalue weighted by Crippen LogP contribution is 2.26. The van der Waals surface area contributed by atoms with Crippen LogP contribution >= 0.6 is 15.9 Å². The van der Waals surface area contributed by atoms with Crippen LogP contribution in [0.5, 0.6) is 0 Å². The van der Waals surface area contributed by atoms with Crippen molar-refractivity contribution in [2.24, 2.45) is 5.92 Å². The van der Waals surface area contributed by atoms with Gasteiger partial charge < -0.3 is 4.90 Å². The largest absolute Gasteiger partial charge is 0.343 e. The number of fused-ring (bicyclic) bond motifs is 1. The first-order valence-corrected chi connectivity index (χ1v) is 11.6. The molecule has 2 aromatic carbocycles. The second-order valence-corrected chi connectivity index (χ2v) is 8.83. The van der Waals surface area contributed by atoms with Crippen molar-refractivity contribution in [2.75, 3.05) is 26.2 Å². The summed E-state index contributed by atoms with van der Waals surface area (Å²) in [5.74, 6) is 1.40. The van der Waals surface area contributed by atoms with Crippen molar-refractivity contribution in [3.05, 3.63) is 58.8 Å². The fourth-order valence-corrected chi connectivity index (χ4v) is 4.87. The van der Waals surface area contributed by atoms with E-state index in [9.17, 15) is 4.79 Å². The number of aromatic nitrogens is 2. The maximum absolute atomic E-state index is 12.9. The number of para-hydroxylation sites is 2. The molecule has 4 rings (SSSR count). The molecule has 1 aromatic heterocycles. The molecule has 1 atom stereocenters. The van der Waals surface area contributed by atoms with Gasteiger partial charge in [-0.3, -0.25) is 14.3 Å². The van der Waals surface area contributed by atoms with Gasteiger partial charge in [-0.2, -0.15) is 0 Å². The number of benzene rings is 2. The molecular weight excluding hydrogens is 440 g/mol. The van der Waals surface area contributed by atoms with Crippen LogP contribution in [0.15, 0.2) is 53.0 Å². The maximum atomic E-state index is 12.9. The van der Waals surface area contributed by atoms with E-state index in [-0.39, 0.29) is 5.92 Å². The highest BCUT2D eigenvalue weighted by molar-refractivity contribution is 9.10. The van der Waals surface area contributed by atoms with E-state index in [1.807, 2.05) is 17.0 Å². The van der Waals surface area contributed by atoms with Crippen LogP contribution < -0.4 is 0 Å². The van der Waals surface area contributed by atoms with E-state index in [0.717, 1.165) is 72.6 Å². The number of carbonyl (C=O) groups is 1.